The first-order valence-electron chi connectivity index (χ1n) is 7.75. The number of halogens is 1. The predicted molar refractivity (Wildman–Crippen MR) is 102 cm³/mol. The Morgan fingerprint density at radius 3 is 2.77 bits per heavy atom. The highest BCUT2D eigenvalue weighted by molar-refractivity contribution is 6.30. The van der Waals surface area contributed by atoms with Crippen LogP contribution in [0, 0.1) is 0 Å². The first kappa shape index (κ1) is 19.2. The number of methoxy groups -OCH3 is 1. The molecule has 2 amide bonds. The van der Waals surface area contributed by atoms with Gasteiger partial charge in [-0.2, -0.15) is 5.10 Å². The van der Waals surface area contributed by atoms with Crippen molar-refractivity contribution in [2.24, 2.45) is 5.10 Å². The standard InChI is InChI=1S/C19H18ClN3O3/c1-26-17-8-3-2-6-15(17)9-10-18(24)21-13-19(25)23-22-12-14-5-4-7-16(20)11-14/h2-12H,13H2,1H3,(H,21,24)(H,23,25)/b10-9+,22-12-. The van der Waals surface area contributed by atoms with Crippen molar-refractivity contribution in [1.82, 2.24) is 10.7 Å². The third-order valence-corrected chi connectivity index (χ3v) is 3.46. The second kappa shape index (κ2) is 10.0. The number of rotatable bonds is 7. The lowest BCUT2D eigenvalue weighted by Gasteiger charge is -2.04. The van der Waals surface area contributed by atoms with E-state index in [4.69, 9.17) is 16.3 Å². The third-order valence-electron chi connectivity index (χ3n) is 3.23. The minimum atomic E-state index is -0.442. The van der Waals surface area contributed by atoms with Crippen LogP contribution in [0.1, 0.15) is 11.1 Å². The molecule has 134 valence electrons. The molecular formula is C19H18ClN3O3. The molecule has 6 nitrogen and oxygen atoms in total. The van der Waals surface area contributed by atoms with Crippen molar-refractivity contribution < 1.29 is 14.3 Å². The number of nitrogens with zero attached hydrogens (tertiary/aromatic N) is 1. The van der Waals surface area contributed by atoms with E-state index in [-0.39, 0.29) is 6.54 Å². The summed E-state index contributed by atoms with van der Waals surface area (Å²) < 4.78 is 5.19. The number of hydrogen-bond acceptors (Lipinski definition) is 4. The van der Waals surface area contributed by atoms with Gasteiger partial charge in [0.25, 0.3) is 5.91 Å². The van der Waals surface area contributed by atoms with Gasteiger partial charge in [0, 0.05) is 16.7 Å². The summed E-state index contributed by atoms with van der Waals surface area (Å²) in [5.74, 6) is -0.183. The van der Waals surface area contributed by atoms with Gasteiger partial charge in [-0.25, -0.2) is 5.43 Å². The zero-order chi connectivity index (χ0) is 18.8. The lowest BCUT2D eigenvalue weighted by atomic mass is 10.2. The zero-order valence-electron chi connectivity index (χ0n) is 14.1. The predicted octanol–water partition coefficient (Wildman–Crippen LogP) is 2.63. The lowest BCUT2D eigenvalue weighted by molar-refractivity contribution is -0.123. The maximum atomic E-state index is 11.8. The number of para-hydroxylation sites is 1. The summed E-state index contributed by atoms with van der Waals surface area (Å²) in [6, 6.07) is 14.3. The fourth-order valence-corrected chi connectivity index (χ4v) is 2.20. The Kier molecular flexibility index (Phi) is 7.39. The Bertz CT molecular complexity index is 834. The number of hydrazone groups is 1. The highest BCUT2D eigenvalue weighted by atomic mass is 35.5. The molecular weight excluding hydrogens is 354 g/mol. The Labute approximate surface area is 156 Å². The summed E-state index contributed by atoms with van der Waals surface area (Å²) in [5.41, 5.74) is 3.84. The van der Waals surface area contributed by atoms with Crippen molar-refractivity contribution in [3.05, 3.63) is 70.8 Å². The van der Waals surface area contributed by atoms with Crippen molar-refractivity contribution in [3.8, 4) is 5.75 Å². The molecule has 0 fully saturated rings. The van der Waals surface area contributed by atoms with Gasteiger partial charge in [-0.15, -0.1) is 0 Å². The third kappa shape index (κ3) is 6.41. The second-order valence-electron chi connectivity index (χ2n) is 5.14. The average molecular weight is 372 g/mol. The van der Waals surface area contributed by atoms with Crippen molar-refractivity contribution in [1.29, 1.82) is 0 Å². The van der Waals surface area contributed by atoms with Crippen LogP contribution in [-0.4, -0.2) is 31.7 Å². The Balaban J connectivity index is 1.78. The molecule has 2 aromatic rings. The number of hydrogen-bond donors (Lipinski definition) is 2. The molecule has 2 N–H and O–H groups in total. The quantitative estimate of drug-likeness (QED) is 0.446. The molecule has 0 bridgehead atoms. The molecule has 0 spiro atoms. The van der Waals surface area contributed by atoms with E-state index in [0.29, 0.717) is 10.8 Å². The van der Waals surface area contributed by atoms with Crippen molar-refractivity contribution in [2.45, 2.75) is 0 Å². The topological polar surface area (TPSA) is 79.8 Å². The molecule has 7 heteroatoms. The molecule has 0 radical (unpaired) electrons. The van der Waals surface area contributed by atoms with Crippen LogP contribution in [0.5, 0.6) is 5.75 Å². The second-order valence-corrected chi connectivity index (χ2v) is 5.58. The molecule has 0 aliphatic heterocycles. The summed E-state index contributed by atoms with van der Waals surface area (Å²) in [6.07, 6.45) is 4.41. The molecule has 0 aliphatic carbocycles. The van der Waals surface area contributed by atoms with Gasteiger partial charge in [-0.05, 0) is 29.8 Å². The Morgan fingerprint density at radius 2 is 2.00 bits per heavy atom. The van der Waals surface area contributed by atoms with Crippen LogP contribution in [0.4, 0.5) is 0 Å². The van der Waals surface area contributed by atoms with E-state index in [1.165, 1.54) is 12.3 Å². The first-order valence-corrected chi connectivity index (χ1v) is 8.12. The number of benzene rings is 2. The zero-order valence-corrected chi connectivity index (χ0v) is 14.9. The van der Waals surface area contributed by atoms with Crippen LogP contribution in [-0.2, 0) is 9.59 Å². The van der Waals surface area contributed by atoms with Gasteiger partial charge >= 0.3 is 0 Å². The maximum Gasteiger partial charge on any atom is 0.259 e. The number of carbonyl (C=O) groups excluding carboxylic acids is 2. The van der Waals surface area contributed by atoms with Crippen LogP contribution < -0.4 is 15.5 Å². The lowest BCUT2D eigenvalue weighted by Crippen LogP contribution is -2.34. The highest BCUT2D eigenvalue weighted by Gasteiger charge is 2.03. The molecule has 26 heavy (non-hydrogen) atoms. The van der Waals surface area contributed by atoms with Crippen LogP contribution in [0.25, 0.3) is 6.08 Å². The summed E-state index contributed by atoms with van der Waals surface area (Å²) in [7, 11) is 1.56. The normalized spacial score (nSPS) is 10.8. The van der Waals surface area contributed by atoms with E-state index in [1.807, 2.05) is 18.2 Å². The van der Waals surface area contributed by atoms with Crippen LogP contribution in [0.3, 0.4) is 0 Å². The van der Waals surface area contributed by atoms with E-state index in [2.05, 4.69) is 15.8 Å². The molecule has 0 saturated carbocycles. The van der Waals surface area contributed by atoms with Crippen molar-refractivity contribution in [2.75, 3.05) is 13.7 Å². The van der Waals surface area contributed by atoms with E-state index < -0.39 is 11.8 Å². The molecule has 0 atom stereocenters. The Hall–Kier alpha value is -3.12. The van der Waals surface area contributed by atoms with Gasteiger partial charge in [0.15, 0.2) is 0 Å². The molecule has 2 aromatic carbocycles. The summed E-state index contributed by atoms with van der Waals surface area (Å²) in [6.45, 7) is -0.192. The van der Waals surface area contributed by atoms with Crippen LogP contribution in [0.15, 0.2) is 59.7 Å². The van der Waals surface area contributed by atoms with E-state index in [0.717, 1.165) is 11.1 Å². The van der Waals surface area contributed by atoms with Crippen molar-refractivity contribution >= 4 is 35.7 Å². The summed E-state index contributed by atoms with van der Waals surface area (Å²) in [5, 5.41) is 6.86. The molecule has 2 rings (SSSR count). The number of carbonyl (C=O) groups is 2. The fourth-order valence-electron chi connectivity index (χ4n) is 2.00. The SMILES string of the molecule is COc1ccccc1/C=C/C(=O)NCC(=O)N/N=C\c1cccc(Cl)c1. The largest absolute Gasteiger partial charge is 0.496 e. The molecule has 0 saturated heterocycles. The fraction of sp³-hybridized carbons (Fsp3) is 0.105. The van der Waals surface area contributed by atoms with Gasteiger partial charge in [0.05, 0.1) is 19.9 Å². The molecule has 0 unspecified atom stereocenters. The number of amides is 2. The van der Waals surface area contributed by atoms with E-state index in [1.54, 1.807) is 43.5 Å². The van der Waals surface area contributed by atoms with Gasteiger partial charge in [0.1, 0.15) is 5.75 Å². The van der Waals surface area contributed by atoms with Crippen molar-refractivity contribution in [3.63, 3.8) is 0 Å². The molecule has 0 heterocycles. The summed E-state index contributed by atoms with van der Waals surface area (Å²) >= 11 is 5.85. The van der Waals surface area contributed by atoms with E-state index >= 15 is 0 Å². The van der Waals surface area contributed by atoms with Gasteiger partial charge in [0.2, 0.25) is 5.91 Å². The monoisotopic (exact) mass is 371 g/mol. The minimum absolute atomic E-state index is 0.192. The van der Waals surface area contributed by atoms with Gasteiger partial charge < -0.3 is 10.1 Å². The Morgan fingerprint density at radius 1 is 1.19 bits per heavy atom. The van der Waals surface area contributed by atoms with Crippen LogP contribution in [0.2, 0.25) is 5.02 Å². The molecule has 0 aromatic heterocycles. The molecule has 0 aliphatic rings. The van der Waals surface area contributed by atoms with Gasteiger partial charge in [-0.3, -0.25) is 9.59 Å². The summed E-state index contributed by atoms with van der Waals surface area (Å²) in [4.78, 5) is 23.5. The average Bonchev–Trinajstić information content (AvgIpc) is 2.65. The van der Waals surface area contributed by atoms with Gasteiger partial charge in [-0.1, -0.05) is 41.9 Å². The first-order chi connectivity index (χ1) is 12.6. The number of ether oxygens (including phenoxy) is 1. The minimum Gasteiger partial charge on any atom is -0.496 e. The maximum absolute atomic E-state index is 11.8. The number of nitrogens with one attached hydrogen (secondary N) is 2. The smallest absolute Gasteiger partial charge is 0.259 e. The van der Waals surface area contributed by atoms with E-state index in [9.17, 15) is 9.59 Å². The highest BCUT2D eigenvalue weighted by Crippen LogP contribution is 2.18. The van der Waals surface area contributed by atoms with Crippen LogP contribution >= 0.6 is 11.6 Å².